The molecule has 0 aliphatic carbocycles. The van der Waals surface area contributed by atoms with Crippen LogP contribution in [-0.4, -0.2) is 20.6 Å². The molecule has 2 aromatic carbocycles. The molecule has 0 bridgehead atoms. The number of anilines is 1. The molecule has 0 aliphatic heterocycles. The number of nitrogens with one attached hydrogen (secondary N) is 1. The van der Waals surface area contributed by atoms with Gasteiger partial charge < -0.3 is 5.32 Å². The van der Waals surface area contributed by atoms with E-state index in [4.69, 9.17) is 11.6 Å². The minimum absolute atomic E-state index is 0.0122. The fourth-order valence-electron chi connectivity index (χ4n) is 2.49. The number of nitro groups is 1. The molecule has 0 unspecified atom stereocenters. The summed E-state index contributed by atoms with van der Waals surface area (Å²) in [4.78, 5) is 22.2. The van der Waals surface area contributed by atoms with Crippen LogP contribution in [0.5, 0.6) is 0 Å². The van der Waals surface area contributed by atoms with Crippen LogP contribution in [0.2, 0.25) is 5.02 Å². The van der Waals surface area contributed by atoms with Crippen molar-refractivity contribution in [3.8, 4) is 5.69 Å². The van der Waals surface area contributed by atoms with Gasteiger partial charge in [0.05, 0.1) is 22.4 Å². The number of carbonyl (C=O) groups is 1. The highest BCUT2D eigenvalue weighted by Crippen LogP contribution is 2.34. The predicted molar refractivity (Wildman–Crippen MR) is 94.6 cm³/mol. The zero-order valence-electron chi connectivity index (χ0n) is 14.1. The van der Waals surface area contributed by atoms with Gasteiger partial charge in [-0.2, -0.15) is 22.7 Å². The van der Waals surface area contributed by atoms with Gasteiger partial charge in [-0.1, -0.05) is 11.6 Å². The highest BCUT2D eigenvalue weighted by molar-refractivity contribution is 6.30. The maximum absolute atomic E-state index is 13.6. The normalized spacial score (nSPS) is 11.3. The predicted octanol–water partition coefficient (Wildman–Crippen LogP) is 4.84. The van der Waals surface area contributed by atoms with Gasteiger partial charge in [0, 0.05) is 16.8 Å². The molecule has 0 saturated carbocycles. The van der Waals surface area contributed by atoms with E-state index in [1.165, 1.54) is 24.3 Å². The number of carbonyl (C=O) groups excluding carboxylic acids is 1. The van der Waals surface area contributed by atoms with Crippen molar-refractivity contribution < 1.29 is 27.3 Å². The number of rotatable bonds is 4. The molecule has 0 atom stereocenters. The molecule has 1 N–H and O–H groups in total. The van der Waals surface area contributed by atoms with Crippen molar-refractivity contribution in [1.82, 2.24) is 9.78 Å². The lowest BCUT2D eigenvalue weighted by atomic mass is 10.2. The lowest BCUT2D eigenvalue weighted by Gasteiger charge is -2.13. The first-order valence-corrected chi connectivity index (χ1v) is 8.12. The SMILES string of the molecule is O=C(Nc1ccc(F)c([N+](=O)[O-])c1)c1cnn(-c2ccc(Cl)cc2)c1C(F)(F)F. The number of hydrogen-bond acceptors (Lipinski definition) is 4. The standard InChI is InChI=1S/C17H9ClF4N4O3/c18-9-1-4-11(5-2-9)25-15(17(20,21)22)12(8-23-25)16(27)24-10-3-6-13(19)14(7-10)26(28)29/h1-8H,(H,24,27). The molecule has 12 heteroatoms. The van der Waals surface area contributed by atoms with Crippen molar-refractivity contribution >= 4 is 28.9 Å². The van der Waals surface area contributed by atoms with E-state index in [1.807, 2.05) is 0 Å². The molecule has 3 rings (SSSR count). The van der Waals surface area contributed by atoms with Gasteiger partial charge in [-0.05, 0) is 36.4 Å². The smallest absolute Gasteiger partial charge is 0.322 e. The van der Waals surface area contributed by atoms with Gasteiger partial charge in [-0.25, -0.2) is 4.68 Å². The van der Waals surface area contributed by atoms with Gasteiger partial charge in [-0.3, -0.25) is 14.9 Å². The Hall–Kier alpha value is -3.47. The maximum atomic E-state index is 13.6. The molecular formula is C17H9ClF4N4O3. The average Bonchev–Trinajstić information content (AvgIpc) is 3.09. The van der Waals surface area contributed by atoms with E-state index < -0.39 is 39.8 Å². The van der Waals surface area contributed by atoms with Gasteiger partial charge in [0.1, 0.15) is 0 Å². The quantitative estimate of drug-likeness (QED) is 0.365. The van der Waals surface area contributed by atoms with Crippen LogP contribution < -0.4 is 5.32 Å². The fraction of sp³-hybridized carbons (Fsp3) is 0.0588. The summed E-state index contributed by atoms with van der Waals surface area (Å²) in [7, 11) is 0. The van der Waals surface area contributed by atoms with E-state index >= 15 is 0 Å². The Balaban J connectivity index is 2.00. The molecule has 3 aromatic rings. The molecule has 1 heterocycles. The fourth-order valence-corrected chi connectivity index (χ4v) is 2.62. The molecule has 29 heavy (non-hydrogen) atoms. The Kier molecular flexibility index (Phi) is 5.25. The summed E-state index contributed by atoms with van der Waals surface area (Å²) in [6.45, 7) is 0. The molecule has 0 aliphatic rings. The second kappa shape index (κ2) is 7.51. The summed E-state index contributed by atoms with van der Waals surface area (Å²) in [5, 5.41) is 16.8. The van der Waals surface area contributed by atoms with E-state index in [9.17, 15) is 32.5 Å². The van der Waals surface area contributed by atoms with E-state index in [-0.39, 0.29) is 11.4 Å². The molecule has 7 nitrogen and oxygen atoms in total. The number of alkyl halides is 3. The van der Waals surface area contributed by atoms with Crippen molar-refractivity contribution in [3.05, 3.63) is 80.9 Å². The summed E-state index contributed by atoms with van der Waals surface area (Å²) < 4.78 is 54.8. The van der Waals surface area contributed by atoms with Gasteiger partial charge >= 0.3 is 11.9 Å². The van der Waals surface area contributed by atoms with Crippen molar-refractivity contribution in [2.24, 2.45) is 0 Å². The summed E-state index contributed by atoms with van der Waals surface area (Å²) in [6, 6.07) is 7.69. The van der Waals surface area contributed by atoms with Crippen molar-refractivity contribution in [2.75, 3.05) is 5.32 Å². The molecule has 150 valence electrons. The molecule has 0 spiro atoms. The van der Waals surface area contributed by atoms with Crippen LogP contribution in [0.3, 0.4) is 0 Å². The maximum Gasteiger partial charge on any atom is 0.434 e. The van der Waals surface area contributed by atoms with Crippen molar-refractivity contribution in [1.29, 1.82) is 0 Å². The minimum Gasteiger partial charge on any atom is -0.322 e. The highest BCUT2D eigenvalue weighted by atomic mass is 35.5. The molecule has 0 saturated heterocycles. The number of aromatic nitrogens is 2. The zero-order chi connectivity index (χ0) is 21.3. The van der Waals surface area contributed by atoms with Gasteiger partial charge in [0.15, 0.2) is 5.69 Å². The van der Waals surface area contributed by atoms with Crippen LogP contribution in [0.1, 0.15) is 16.1 Å². The summed E-state index contributed by atoms with van der Waals surface area (Å²) in [5.41, 5.74) is -3.35. The van der Waals surface area contributed by atoms with Crippen LogP contribution in [0.25, 0.3) is 5.69 Å². The Bertz CT molecular complexity index is 1100. The summed E-state index contributed by atoms with van der Waals surface area (Å²) >= 11 is 5.73. The Morgan fingerprint density at radius 2 is 1.83 bits per heavy atom. The molecular weight excluding hydrogens is 420 g/mol. The first kappa shape index (κ1) is 20.3. The summed E-state index contributed by atoms with van der Waals surface area (Å²) in [5.74, 6) is -2.38. The van der Waals surface area contributed by atoms with Gasteiger partial charge in [0.2, 0.25) is 5.82 Å². The number of halogens is 5. The Labute approximate surface area is 164 Å². The van der Waals surface area contributed by atoms with E-state index in [0.29, 0.717) is 22.0 Å². The average molecular weight is 429 g/mol. The van der Waals surface area contributed by atoms with E-state index in [0.717, 1.165) is 12.1 Å². The minimum atomic E-state index is -4.95. The Morgan fingerprint density at radius 3 is 2.41 bits per heavy atom. The van der Waals surface area contributed by atoms with Crippen molar-refractivity contribution in [2.45, 2.75) is 6.18 Å². The number of amides is 1. The topological polar surface area (TPSA) is 90.1 Å². The van der Waals surface area contributed by atoms with Gasteiger partial charge in [-0.15, -0.1) is 0 Å². The van der Waals surface area contributed by atoms with Gasteiger partial charge in [0.25, 0.3) is 5.91 Å². The zero-order valence-corrected chi connectivity index (χ0v) is 14.8. The third kappa shape index (κ3) is 4.19. The first-order chi connectivity index (χ1) is 13.6. The number of nitrogens with zero attached hydrogens (tertiary/aromatic N) is 3. The van der Waals surface area contributed by atoms with Crippen molar-refractivity contribution in [3.63, 3.8) is 0 Å². The molecule has 1 aromatic heterocycles. The second-order valence-corrected chi connectivity index (χ2v) is 6.11. The van der Waals surface area contributed by atoms with E-state index in [1.54, 1.807) is 0 Å². The van der Waals surface area contributed by atoms with Crippen LogP contribution >= 0.6 is 11.6 Å². The molecule has 1 amide bonds. The number of hydrogen-bond donors (Lipinski definition) is 1. The van der Waals surface area contributed by atoms with Crippen LogP contribution in [0, 0.1) is 15.9 Å². The monoisotopic (exact) mass is 428 g/mol. The molecule has 0 fully saturated rings. The lowest BCUT2D eigenvalue weighted by molar-refractivity contribution is -0.387. The third-order valence-electron chi connectivity index (χ3n) is 3.75. The summed E-state index contributed by atoms with van der Waals surface area (Å²) in [6.07, 6.45) is -4.23. The first-order valence-electron chi connectivity index (χ1n) is 7.74. The van der Waals surface area contributed by atoms with E-state index in [2.05, 4.69) is 10.4 Å². The Morgan fingerprint density at radius 1 is 1.17 bits per heavy atom. The number of benzene rings is 2. The second-order valence-electron chi connectivity index (χ2n) is 5.67. The van der Waals surface area contributed by atoms with Crippen LogP contribution in [-0.2, 0) is 6.18 Å². The van der Waals surface area contributed by atoms with Crippen LogP contribution in [0.15, 0.2) is 48.7 Å². The largest absolute Gasteiger partial charge is 0.434 e. The molecule has 0 radical (unpaired) electrons. The number of nitro benzene ring substituents is 1. The van der Waals surface area contributed by atoms with Crippen LogP contribution in [0.4, 0.5) is 28.9 Å². The highest BCUT2D eigenvalue weighted by Gasteiger charge is 2.40. The third-order valence-corrected chi connectivity index (χ3v) is 4.01. The lowest BCUT2D eigenvalue weighted by Crippen LogP contribution is -2.20.